The number of thioether (sulfide) groups is 1. The molecule has 0 aliphatic heterocycles. The van der Waals surface area contributed by atoms with E-state index in [1.165, 1.54) is 0 Å². The van der Waals surface area contributed by atoms with Crippen LogP contribution >= 0.6 is 11.8 Å². The van der Waals surface area contributed by atoms with Crippen molar-refractivity contribution in [3.8, 4) is 11.5 Å². The second-order valence-electron chi connectivity index (χ2n) is 3.79. The van der Waals surface area contributed by atoms with Crippen LogP contribution in [0.5, 0.6) is 11.5 Å². The van der Waals surface area contributed by atoms with E-state index in [0.29, 0.717) is 11.5 Å². The molecule has 0 radical (unpaired) electrons. The number of benzene rings is 2. The maximum absolute atomic E-state index is 8.63. The standard InChI is InChI=1S/2C6H6O.C6H10S/c2*7-6-4-2-1-3-5-6;1-3-5-7-6-4-2/h2*1-5,7H;3-4H,1-2,5-6H2. The number of phenols is 2. The van der Waals surface area contributed by atoms with Gasteiger partial charge in [0.1, 0.15) is 11.5 Å². The molecule has 21 heavy (non-hydrogen) atoms. The molecule has 0 fully saturated rings. The molecule has 0 unspecified atom stereocenters. The Balaban J connectivity index is 0.000000286. The van der Waals surface area contributed by atoms with Gasteiger partial charge in [-0.15, -0.1) is 13.2 Å². The van der Waals surface area contributed by atoms with Gasteiger partial charge in [0.2, 0.25) is 0 Å². The van der Waals surface area contributed by atoms with Gasteiger partial charge in [-0.2, -0.15) is 11.8 Å². The van der Waals surface area contributed by atoms with Crippen molar-refractivity contribution in [2.24, 2.45) is 0 Å². The molecule has 0 aliphatic carbocycles. The largest absolute Gasteiger partial charge is 0.508 e. The first-order valence-corrected chi connectivity index (χ1v) is 7.63. The third-order valence-electron chi connectivity index (χ3n) is 1.98. The maximum Gasteiger partial charge on any atom is 0.115 e. The molecule has 0 bridgehead atoms. The molecule has 0 saturated carbocycles. The second kappa shape index (κ2) is 14.3. The second-order valence-corrected chi connectivity index (χ2v) is 4.86. The average Bonchev–Trinajstić information content (AvgIpc) is 2.51. The lowest BCUT2D eigenvalue weighted by Crippen LogP contribution is -1.69. The van der Waals surface area contributed by atoms with Crippen LogP contribution in [0.15, 0.2) is 86.0 Å². The monoisotopic (exact) mass is 302 g/mol. The third kappa shape index (κ3) is 14.1. The van der Waals surface area contributed by atoms with Crippen LogP contribution in [-0.2, 0) is 0 Å². The zero-order valence-electron chi connectivity index (χ0n) is 12.1. The Hall–Kier alpha value is -2.13. The molecule has 2 aromatic rings. The summed E-state index contributed by atoms with van der Waals surface area (Å²) < 4.78 is 0. The lowest BCUT2D eigenvalue weighted by Gasteiger charge is -1.85. The van der Waals surface area contributed by atoms with E-state index >= 15 is 0 Å². The first-order chi connectivity index (χ1) is 10.2. The maximum atomic E-state index is 8.63. The molecule has 2 aromatic carbocycles. The van der Waals surface area contributed by atoms with Crippen LogP contribution < -0.4 is 0 Å². The van der Waals surface area contributed by atoms with Gasteiger partial charge in [-0.3, -0.25) is 0 Å². The predicted molar refractivity (Wildman–Crippen MR) is 93.9 cm³/mol. The molecule has 2 N–H and O–H groups in total. The van der Waals surface area contributed by atoms with Crippen LogP contribution in [-0.4, -0.2) is 21.7 Å². The highest BCUT2D eigenvalue weighted by molar-refractivity contribution is 7.99. The molecule has 2 rings (SSSR count). The Bertz CT molecular complexity index is 424. The summed E-state index contributed by atoms with van der Waals surface area (Å²) >= 11 is 1.82. The summed E-state index contributed by atoms with van der Waals surface area (Å²) in [4.78, 5) is 0. The van der Waals surface area contributed by atoms with Crippen molar-refractivity contribution in [3.05, 3.63) is 86.0 Å². The SMILES string of the molecule is C=CCSCC=C.Oc1ccccc1.Oc1ccccc1. The highest BCUT2D eigenvalue weighted by atomic mass is 32.2. The Morgan fingerprint density at radius 3 is 1.24 bits per heavy atom. The number of phenolic OH excluding ortho intramolecular Hbond substituents is 2. The molecule has 3 heteroatoms. The number of para-hydroxylation sites is 2. The fourth-order valence-corrected chi connectivity index (χ4v) is 1.56. The van der Waals surface area contributed by atoms with Crippen molar-refractivity contribution >= 4 is 11.8 Å². The van der Waals surface area contributed by atoms with E-state index in [2.05, 4.69) is 13.2 Å². The van der Waals surface area contributed by atoms with Gasteiger partial charge in [0.25, 0.3) is 0 Å². The minimum Gasteiger partial charge on any atom is -0.508 e. The quantitative estimate of drug-likeness (QED) is 0.625. The highest BCUT2D eigenvalue weighted by Gasteiger charge is 1.75. The molecular weight excluding hydrogens is 280 g/mol. The molecule has 0 saturated heterocycles. The predicted octanol–water partition coefficient (Wildman–Crippen LogP) is 4.88. The molecule has 112 valence electrons. The molecule has 0 atom stereocenters. The van der Waals surface area contributed by atoms with Gasteiger partial charge in [-0.1, -0.05) is 48.6 Å². The summed E-state index contributed by atoms with van der Waals surface area (Å²) in [6, 6.07) is 17.4. The third-order valence-corrected chi connectivity index (χ3v) is 2.93. The lowest BCUT2D eigenvalue weighted by atomic mass is 10.3. The molecule has 0 heterocycles. The summed E-state index contributed by atoms with van der Waals surface area (Å²) in [6.45, 7) is 7.15. The number of aromatic hydroxyl groups is 2. The van der Waals surface area contributed by atoms with Crippen LogP contribution in [0, 0.1) is 0 Å². The van der Waals surface area contributed by atoms with Crippen molar-refractivity contribution in [1.82, 2.24) is 0 Å². The van der Waals surface area contributed by atoms with E-state index in [1.54, 1.807) is 48.5 Å². The summed E-state index contributed by atoms with van der Waals surface area (Å²) in [6.07, 6.45) is 3.79. The van der Waals surface area contributed by atoms with E-state index in [-0.39, 0.29) is 0 Å². The fraction of sp³-hybridized carbons (Fsp3) is 0.111. The smallest absolute Gasteiger partial charge is 0.115 e. The first-order valence-electron chi connectivity index (χ1n) is 6.48. The van der Waals surface area contributed by atoms with Crippen molar-refractivity contribution in [1.29, 1.82) is 0 Å². The molecule has 0 aliphatic rings. The van der Waals surface area contributed by atoms with E-state index in [4.69, 9.17) is 10.2 Å². The zero-order valence-corrected chi connectivity index (χ0v) is 12.9. The Morgan fingerprint density at radius 1 is 0.714 bits per heavy atom. The number of hydrogen-bond donors (Lipinski definition) is 2. The van der Waals surface area contributed by atoms with Gasteiger partial charge in [-0.05, 0) is 24.3 Å². The van der Waals surface area contributed by atoms with Crippen LogP contribution in [0.3, 0.4) is 0 Å². The Morgan fingerprint density at radius 2 is 1.05 bits per heavy atom. The highest BCUT2D eigenvalue weighted by Crippen LogP contribution is 2.03. The molecule has 0 amide bonds. The van der Waals surface area contributed by atoms with Gasteiger partial charge in [0, 0.05) is 11.5 Å². The average molecular weight is 302 g/mol. The summed E-state index contributed by atoms with van der Waals surface area (Å²) in [7, 11) is 0. The summed E-state index contributed by atoms with van der Waals surface area (Å²) in [5, 5.41) is 17.3. The minimum absolute atomic E-state index is 0.322. The van der Waals surface area contributed by atoms with Crippen LogP contribution in [0.4, 0.5) is 0 Å². The van der Waals surface area contributed by atoms with E-state index in [0.717, 1.165) is 11.5 Å². The molecular formula is C18H22O2S. The van der Waals surface area contributed by atoms with Gasteiger partial charge < -0.3 is 10.2 Å². The first kappa shape index (κ1) is 18.9. The van der Waals surface area contributed by atoms with Gasteiger partial charge in [0.15, 0.2) is 0 Å². The van der Waals surface area contributed by atoms with Crippen LogP contribution in [0.2, 0.25) is 0 Å². The number of rotatable bonds is 4. The van der Waals surface area contributed by atoms with Crippen molar-refractivity contribution < 1.29 is 10.2 Å². The normalized spacial score (nSPS) is 8.38. The van der Waals surface area contributed by atoms with Gasteiger partial charge >= 0.3 is 0 Å². The lowest BCUT2D eigenvalue weighted by molar-refractivity contribution is 0.475. The van der Waals surface area contributed by atoms with Gasteiger partial charge in [0.05, 0.1) is 0 Å². The van der Waals surface area contributed by atoms with Crippen molar-refractivity contribution in [2.75, 3.05) is 11.5 Å². The van der Waals surface area contributed by atoms with Crippen LogP contribution in [0.1, 0.15) is 0 Å². The zero-order chi connectivity index (χ0) is 15.8. The Labute approximate surface area is 131 Å². The fourth-order valence-electron chi connectivity index (χ4n) is 1.09. The summed E-state index contributed by atoms with van der Waals surface area (Å²) in [5.41, 5.74) is 0. The van der Waals surface area contributed by atoms with E-state index in [1.807, 2.05) is 36.0 Å². The minimum atomic E-state index is 0.322. The molecule has 0 aromatic heterocycles. The number of hydrogen-bond acceptors (Lipinski definition) is 3. The van der Waals surface area contributed by atoms with E-state index in [9.17, 15) is 0 Å². The van der Waals surface area contributed by atoms with Crippen LogP contribution in [0.25, 0.3) is 0 Å². The van der Waals surface area contributed by atoms with Crippen molar-refractivity contribution in [3.63, 3.8) is 0 Å². The van der Waals surface area contributed by atoms with E-state index < -0.39 is 0 Å². The topological polar surface area (TPSA) is 40.5 Å². The Kier molecular flexibility index (Phi) is 12.8. The molecule has 0 spiro atoms. The van der Waals surface area contributed by atoms with Crippen molar-refractivity contribution in [2.45, 2.75) is 0 Å². The summed E-state index contributed by atoms with van der Waals surface area (Å²) in [5.74, 6) is 2.71. The van der Waals surface area contributed by atoms with Gasteiger partial charge in [-0.25, -0.2) is 0 Å². The molecule has 2 nitrogen and oxygen atoms in total.